The minimum Gasteiger partial charge on any atom is -0.383 e. The molecule has 1 fully saturated rings. The van der Waals surface area contributed by atoms with Crippen LogP contribution in [0.4, 0.5) is 4.39 Å². The van der Waals surface area contributed by atoms with Crippen LogP contribution < -0.4 is 10.6 Å². The molecule has 1 heterocycles. The summed E-state index contributed by atoms with van der Waals surface area (Å²) in [6.45, 7) is 5.69. The highest BCUT2D eigenvalue weighted by Gasteiger charge is 2.18. The summed E-state index contributed by atoms with van der Waals surface area (Å²) >= 11 is 0. The third kappa shape index (κ3) is 7.00. The largest absolute Gasteiger partial charge is 0.383 e. The maximum Gasteiger partial charge on any atom is 0.190 e. The molecule has 1 aromatic carbocycles. The molecule has 0 spiro atoms. The second kappa shape index (κ2) is 11.1. The molecule has 0 atom stereocenters. The second-order valence-corrected chi connectivity index (χ2v) is 6.50. The minimum atomic E-state index is -0.146. The van der Waals surface area contributed by atoms with E-state index in [2.05, 4.69) is 20.5 Å². The van der Waals surface area contributed by atoms with Crippen molar-refractivity contribution >= 4 is 5.96 Å². The monoisotopic (exact) mass is 350 g/mol. The maximum absolute atomic E-state index is 13.6. The first kappa shape index (κ1) is 19.7. The van der Waals surface area contributed by atoms with E-state index in [0.717, 1.165) is 44.3 Å². The number of aliphatic imine (C=N–C) groups is 1. The first-order valence-electron chi connectivity index (χ1n) is 9.12. The number of halogens is 1. The number of likely N-dealkylation sites (tertiary alicyclic amines) is 1. The van der Waals surface area contributed by atoms with Crippen LogP contribution in [-0.2, 0) is 11.2 Å². The van der Waals surface area contributed by atoms with Crippen molar-refractivity contribution in [1.82, 2.24) is 15.5 Å². The number of hydrogen-bond donors (Lipinski definition) is 2. The summed E-state index contributed by atoms with van der Waals surface area (Å²) in [5, 5.41) is 6.67. The van der Waals surface area contributed by atoms with Crippen molar-refractivity contribution < 1.29 is 9.13 Å². The number of ether oxygens (including phenoxy) is 1. The molecule has 0 aromatic heterocycles. The van der Waals surface area contributed by atoms with Crippen LogP contribution >= 0.6 is 0 Å². The van der Waals surface area contributed by atoms with Crippen molar-refractivity contribution in [3.05, 3.63) is 35.6 Å². The van der Waals surface area contributed by atoms with Crippen molar-refractivity contribution in [2.24, 2.45) is 10.9 Å². The molecule has 0 unspecified atom stereocenters. The van der Waals surface area contributed by atoms with Gasteiger partial charge in [0, 0.05) is 33.8 Å². The number of guanidine groups is 1. The first-order valence-corrected chi connectivity index (χ1v) is 9.12. The standard InChI is InChI=1S/C19H31FN4O/c1-21-19(22-10-7-17-5-3-4-6-18(17)20)23-15-16-8-11-24(12-9-16)13-14-25-2/h3-6,16H,7-15H2,1-2H3,(H2,21,22,23). The van der Waals surface area contributed by atoms with E-state index in [1.54, 1.807) is 20.2 Å². The number of nitrogens with one attached hydrogen (secondary N) is 2. The summed E-state index contributed by atoms with van der Waals surface area (Å²) in [4.78, 5) is 6.72. The first-order chi connectivity index (χ1) is 12.2. The molecule has 5 nitrogen and oxygen atoms in total. The van der Waals surface area contributed by atoms with Crippen LogP contribution in [0.2, 0.25) is 0 Å². The Kier molecular flexibility index (Phi) is 8.69. The smallest absolute Gasteiger partial charge is 0.190 e. The zero-order valence-electron chi connectivity index (χ0n) is 15.4. The molecule has 6 heteroatoms. The molecule has 1 saturated heterocycles. The van der Waals surface area contributed by atoms with Gasteiger partial charge in [0.15, 0.2) is 5.96 Å². The van der Waals surface area contributed by atoms with Gasteiger partial charge < -0.3 is 20.3 Å². The van der Waals surface area contributed by atoms with Gasteiger partial charge >= 0.3 is 0 Å². The number of nitrogens with zero attached hydrogens (tertiary/aromatic N) is 2. The summed E-state index contributed by atoms with van der Waals surface area (Å²) in [6.07, 6.45) is 3.04. The van der Waals surface area contributed by atoms with E-state index < -0.39 is 0 Å². The second-order valence-electron chi connectivity index (χ2n) is 6.50. The van der Waals surface area contributed by atoms with Gasteiger partial charge in [-0.05, 0) is 49.9 Å². The zero-order valence-corrected chi connectivity index (χ0v) is 15.4. The van der Waals surface area contributed by atoms with Gasteiger partial charge in [-0.3, -0.25) is 4.99 Å². The van der Waals surface area contributed by atoms with Crippen molar-refractivity contribution in [2.75, 3.05) is 53.5 Å². The molecular weight excluding hydrogens is 319 g/mol. The molecule has 140 valence electrons. The lowest BCUT2D eigenvalue weighted by Gasteiger charge is -2.32. The lowest BCUT2D eigenvalue weighted by Crippen LogP contribution is -2.43. The topological polar surface area (TPSA) is 48.9 Å². The average Bonchev–Trinajstić information content (AvgIpc) is 2.65. The van der Waals surface area contributed by atoms with E-state index in [9.17, 15) is 4.39 Å². The predicted octanol–water partition coefficient (Wildman–Crippen LogP) is 1.89. The van der Waals surface area contributed by atoms with Crippen LogP contribution in [0, 0.1) is 11.7 Å². The number of piperidine rings is 1. The van der Waals surface area contributed by atoms with Crippen molar-refractivity contribution in [3.63, 3.8) is 0 Å². The molecule has 0 radical (unpaired) electrons. The van der Waals surface area contributed by atoms with Crippen LogP contribution in [0.1, 0.15) is 18.4 Å². The SMILES string of the molecule is CN=C(NCCc1ccccc1F)NCC1CCN(CCOC)CC1. The van der Waals surface area contributed by atoms with Gasteiger partial charge in [0.2, 0.25) is 0 Å². The van der Waals surface area contributed by atoms with Crippen molar-refractivity contribution in [3.8, 4) is 0 Å². The fraction of sp³-hybridized carbons (Fsp3) is 0.632. The van der Waals surface area contributed by atoms with E-state index in [4.69, 9.17) is 4.74 Å². The molecule has 2 N–H and O–H groups in total. The van der Waals surface area contributed by atoms with E-state index in [0.29, 0.717) is 18.9 Å². The molecule has 1 aliphatic rings. The van der Waals surface area contributed by atoms with Crippen LogP contribution in [0.25, 0.3) is 0 Å². The van der Waals surface area contributed by atoms with Gasteiger partial charge in [-0.1, -0.05) is 18.2 Å². The lowest BCUT2D eigenvalue weighted by atomic mass is 9.97. The Labute approximate surface area is 150 Å². The Morgan fingerprint density at radius 2 is 2.04 bits per heavy atom. The van der Waals surface area contributed by atoms with Gasteiger partial charge in [0.05, 0.1) is 6.61 Å². The molecular formula is C19H31FN4O. The minimum absolute atomic E-state index is 0.146. The summed E-state index contributed by atoms with van der Waals surface area (Å²) < 4.78 is 18.8. The summed E-state index contributed by atoms with van der Waals surface area (Å²) in [6, 6.07) is 6.91. The Balaban J connectivity index is 1.63. The Hall–Kier alpha value is -1.66. The fourth-order valence-electron chi connectivity index (χ4n) is 3.11. The molecule has 0 aliphatic carbocycles. The third-order valence-electron chi connectivity index (χ3n) is 4.75. The van der Waals surface area contributed by atoms with Gasteiger partial charge in [0.25, 0.3) is 0 Å². The summed E-state index contributed by atoms with van der Waals surface area (Å²) in [5.74, 6) is 1.31. The van der Waals surface area contributed by atoms with E-state index in [-0.39, 0.29) is 5.82 Å². The van der Waals surface area contributed by atoms with E-state index >= 15 is 0 Å². The summed E-state index contributed by atoms with van der Waals surface area (Å²) in [5.41, 5.74) is 0.730. The average molecular weight is 350 g/mol. The van der Waals surface area contributed by atoms with E-state index in [1.807, 2.05) is 12.1 Å². The normalized spacial score (nSPS) is 16.8. The molecule has 25 heavy (non-hydrogen) atoms. The lowest BCUT2D eigenvalue weighted by molar-refractivity contribution is 0.121. The predicted molar refractivity (Wildman–Crippen MR) is 101 cm³/mol. The summed E-state index contributed by atoms with van der Waals surface area (Å²) in [7, 11) is 3.52. The number of benzene rings is 1. The van der Waals surface area contributed by atoms with Crippen LogP contribution in [0.3, 0.4) is 0 Å². The highest BCUT2D eigenvalue weighted by Crippen LogP contribution is 2.15. The fourth-order valence-corrected chi connectivity index (χ4v) is 3.11. The molecule has 2 rings (SSSR count). The molecule has 0 saturated carbocycles. The van der Waals surface area contributed by atoms with E-state index in [1.165, 1.54) is 18.9 Å². The molecule has 1 aliphatic heterocycles. The van der Waals surface area contributed by atoms with Crippen molar-refractivity contribution in [1.29, 1.82) is 0 Å². The Morgan fingerprint density at radius 3 is 2.72 bits per heavy atom. The zero-order chi connectivity index (χ0) is 17.9. The molecule has 0 amide bonds. The van der Waals surface area contributed by atoms with Gasteiger partial charge in [-0.2, -0.15) is 0 Å². The highest BCUT2D eigenvalue weighted by atomic mass is 19.1. The third-order valence-corrected chi connectivity index (χ3v) is 4.75. The van der Waals surface area contributed by atoms with Gasteiger partial charge in [0.1, 0.15) is 5.82 Å². The highest BCUT2D eigenvalue weighted by molar-refractivity contribution is 5.79. The van der Waals surface area contributed by atoms with Gasteiger partial charge in [-0.25, -0.2) is 4.39 Å². The number of hydrogen-bond acceptors (Lipinski definition) is 3. The Morgan fingerprint density at radius 1 is 1.28 bits per heavy atom. The number of methoxy groups -OCH3 is 1. The maximum atomic E-state index is 13.6. The van der Waals surface area contributed by atoms with Gasteiger partial charge in [-0.15, -0.1) is 0 Å². The van der Waals surface area contributed by atoms with Crippen LogP contribution in [-0.4, -0.2) is 64.3 Å². The molecule has 0 bridgehead atoms. The Bertz CT molecular complexity index is 530. The van der Waals surface area contributed by atoms with Crippen LogP contribution in [0.15, 0.2) is 29.3 Å². The van der Waals surface area contributed by atoms with Crippen molar-refractivity contribution in [2.45, 2.75) is 19.3 Å². The molecule has 1 aromatic rings. The van der Waals surface area contributed by atoms with Crippen LogP contribution in [0.5, 0.6) is 0 Å². The number of rotatable bonds is 8. The quantitative estimate of drug-likeness (QED) is 0.555.